The van der Waals surface area contributed by atoms with Crippen LogP contribution in [0.15, 0.2) is 34.5 Å². The van der Waals surface area contributed by atoms with Crippen LogP contribution < -0.4 is 4.90 Å². The van der Waals surface area contributed by atoms with Crippen molar-refractivity contribution in [3.8, 4) is 0 Å². The highest BCUT2D eigenvalue weighted by molar-refractivity contribution is 9.10. The number of nitrogens with one attached hydrogen (secondary N) is 1. The zero-order valence-corrected chi connectivity index (χ0v) is 16.5. The Morgan fingerprint density at radius 1 is 1.35 bits per heavy atom. The van der Waals surface area contributed by atoms with E-state index >= 15 is 0 Å². The number of halogens is 1. The summed E-state index contributed by atoms with van der Waals surface area (Å²) >= 11 is 5.15. The summed E-state index contributed by atoms with van der Waals surface area (Å²) in [5.74, 6) is 0.990. The summed E-state index contributed by atoms with van der Waals surface area (Å²) in [7, 11) is 0. The highest BCUT2D eigenvalue weighted by atomic mass is 79.9. The minimum absolute atomic E-state index is 0.0773. The number of nitrogens with zero attached hydrogens (tertiary/aromatic N) is 4. The zero-order chi connectivity index (χ0) is 17.7. The Morgan fingerprint density at radius 3 is 2.96 bits per heavy atom. The molecule has 134 valence electrons. The maximum Gasteiger partial charge on any atom is 0.142 e. The Balaban J connectivity index is 1.44. The maximum atomic E-state index is 11.9. The Labute approximate surface area is 163 Å². The lowest BCUT2D eigenvalue weighted by molar-refractivity contribution is -0.114. The molecule has 1 saturated carbocycles. The lowest BCUT2D eigenvalue weighted by atomic mass is 10.1. The first-order chi connectivity index (χ1) is 12.7. The molecule has 3 aromatic rings. The number of piperazine rings is 1. The molecule has 2 fully saturated rings. The average molecular weight is 432 g/mol. The van der Waals surface area contributed by atoms with Crippen molar-refractivity contribution in [3.63, 3.8) is 0 Å². The summed E-state index contributed by atoms with van der Waals surface area (Å²) in [6, 6.07) is 3.95. The molecule has 6 nitrogen and oxygen atoms in total. The molecule has 0 bridgehead atoms. The van der Waals surface area contributed by atoms with E-state index in [4.69, 9.17) is 0 Å². The van der Waals surface area contributed by atoms with Gasteiger partial charge in [0.05, 0.1) is 5.39 Å². The fourth-order valence-electron chi connectivity index (χ4n) is 4.08. The van der Waals surface area contributed by atoms with Crippen molar-refractivity contribution >= 4 is 50.4 Å². The van der Waals surface area contributed by atoms with Crippen LogP contribution in [-0.2, 0) is 4.79 Å². The van der Waals surface area contributed by atoms with Gasteiger partial charge in [-0.2, -0.15) is 0 Å². The number of rotatable bonds is 4. The third-order valence-corrected chi connectivity index (χ3v) is 7.27. The summed E-state index contributed by atoms with van der Waals surface area (Å²) < 4.78 is 1.05. The molecule has 0 aromatic carbocycles. The lowest BCUT2D eigenvalue weighted by Crippen LogP contribution is -2.56. The summed E-state index contributed by atoms with van der Waals surface area (Å²) in [6.07, 6.45) is 6.88. The van der Waals surface area contributed by atoms with Crippen LogP contribution in [-0.4, -0.2) is 51.3 Å². The van der Waals surface area contributed by atoms with Crippen LogP contribution in [0.5, 0.6) is 0 Å². The number of aromatic amines is 1. The first-order valence-corrected chi connectivity index (χ1v) is 10.4. The van der Waals surface area contributed by atoms with E-state index in [2.05, 4.69) is 46.7 Å². The van der Waals surface area contributed by atoms with Gasteiger partial charge in [0.15, 0.2) is 0 Å². The second-order valence-electron chi connectivity index (χ2n) is 7.02. The van der Waals surface area contributed by atoms with Gasteiger partial charge >= 0.3 is 0 Å². The number of hydrogen-bond acceptors (Lipinski definition) is 6. The molecule has 26 heavy (non-hydrogen) atoms. The Morgan fingerprint density at radius 2 is 2.23 bits per heavy atom. The van der Waals surface area contributed by atoms with Crippen LogP contribution in [0.25, 0.3) is 11.0 Å². The second-order valence-corrected chi connectivity index (χ2v) is 8.88. The quantitative estimate of drug-likeness (QED) is 0.641. The molecule has 1 aliphatic heterocycles. The smallest absolute Gasteiger partial charge is 0.142 e. The number of thiophene rings is 1. The summed E-state index contributed by atoms with van der Waals surface area (Å²) in [5.41, 5.74) is 0.949. The normalized spacial score (nSPS) is 20.6. The van der Waals surface area contributed by atoms with Crippen molar-refractivity contribution < 1.29 is 4.79 Å². The molecule has 3 aromatic heterocycles. The van der Waals surface area contributed by atoms with Gasteiger partial charge in [0.25, 0.3) is 0 Å². The van der Waals surface area contributed by atoms with E-state index in [0.29, 0.717) is 0 Å². The molecule has 1 saturated heterocycles. The topological polar surface area (TPSA) is 65.1 Å². The van der Waals surface area contributed by atoms with Gasteiger partial charge in [-0.05, 0) is 40.9 Å². The number of hydrogen-bond donors (Lipinski definition) is 1. The van der Waals surface area contributed by atoms with Crippen molar-refractivity contribution in [2.75, 3.05) is 24.5 Å². The monoisotopic (exact) mass is 431 g/mol. The molecule has 5 rings (SSSR count). The van der Waals surface area contributed by atoms with Gasteiger partial charge in [0, 0.05) is 46.1 Å². The summed E-state index contributed by atoms with van der Waals surface area (Å²) in [6.45, 7) is 2.62. The van der Waals surface area contributed by atoms with Crippen LogP contribution in [0, 0.1) is 0 Å². The van der Waals surface area contributed by atoms with E-state index in [1.807, 2.05) is 17.6 Å². The molecular formula is C18H18BrN5OS. The average Bonchev–Trinajstić information content (AvgIpc) is 3.06. The van der Waals surface area contributed by atoms with Crippen molar-refractivity contribution in [1.82, 2.24) is 19.9 Å². The van der Waals surface area contributed by atoms with E-state index in [0.717, 1.165) is 65.0 Å². The second kappa shape index (κ2) is 6.14. The van der Waals surface area contributed by atoms with Gasteiger partial charge in [0.2, 0.25) is 0 Å². The lowest BCUT2D eigenvalue weighted by Gasteiger charge is -2.44. The molecule has 8 heteroatoms. The third-order valence-electron chi connectivity index (χ3n) is 5.51. The van der Waals surface area contributed by atoms with Crippen LogP contribution in [0.4, 0.5) is 5.82 Å². The predicted molar refractivity (Wildman–Crippen MR) is 106 cm³/mol. The van der Waals surface area contributed by atoms with Crippen molar-refractivity contribution in [2.24, 2.45) is 0 Å². The van der Waals surface area contributed by atoms with E-state index in [1.165, 1.54) is 0 Å². The fourth-order valence-corrected chi connectivity index (χ4v) is 5.60. The summed E-state index contributed by atoms with van der Waals surface area (Å²) in [4.78, 5) is 29.8. The predicted octanol–water partition coefficient (Wildman–Crippen LogP) is 3.38. The molecule has 0 amide bonds. The van der Waals surface area contributed by atoms with Gasteiger partial charge in [0.1, 0.15) is 30.1 Å². The highest BCUT2D eigenvalue weighted by Crippen LogP contribution is 2.49. The minimum atomic E-state index is -0.159. The van der Waals surface area contributed by atoms with Gasteiger partial charge in [-0.15, -0.1) is 11.3 Å². The highest BCUT2D eigenvalue weighted by Gasteiger charge is 2.54. The molecule has 1 N–H and O–H groups in total. The van der Waals surface area contributed by atoms with Crippen molar-refractivity contribution in [1.29, 1.82) is 0 Å². The number of aldehydes is 1. The van der Waals surface area contributed by atoms with E-state index in [-0.39, 0.29) is 11.6 Å². The van der Waals surface area contributed by atoms with Crippen LogP contribution in [0.2, 0.25) is 0 Å². The van der Waals surface area contributed by atoms with Crippen molar-refractivity contribution in [3.05, 3.63) is 39.4 Å². The minimum Gasteiger partial charge on any atom is -0.353 e. The molecule has 1 unspecified atom stereocenters. The molecular weight excluding hydrogens is 414 g/mol. The summed E-state index contributed by atoms with van der Waals surface area (Å²) in [5, 5.41) is 3.11. The molecule has 0 radical (unpaired) electrons. The van der Waals surface area contributed by atoms with Crippen LogP contribution in [0.3, 0.4) is 0 Å². The van der Waals surface area contributed by atoms with Crippen molar-refractivity contribution in [2.45, 2.75) is 24.4 Å². The van der Waals surface area contributed by atoms with E-state index < -0.39 is 0 Å². The molecule has 4 heterocycles. The first-order valence-electron chi connectivity index (χ1n) is 8.69. The number of fused-ring (bicyclic) bond motifs is 1. The van der Waals surface area contributed by atoms with Gasteiger partial charge in [-0.3, -0.25) is 4.90 Å². The molecule has 2 aliphatic rings. The van der Waals surface area contributed by atoms with Gasteiger partial charge in [-0.25, -0.2) is 9.97 Å². The maximum absolute atomic E-state index is 11.9. The Hall–Kier alpha value is -1.77. The zero-order valence-electron chi connectivity index (χ0n) is 14.1. The van der Waals surface area contributed by atoms with E-state index in [1.54, 1.807) is 17.7 Å². The third kappa shape index (κ3) is 2.59. The SMILES string of the molecule is O=CC(c1cc(Br)cs1)N1CCN(c2ncnc3[nH]ccc23)CC12CC2. The fraction of sp³-hybridized carbons (Fsp3) is 0.389. The number of carbonyl (C=O) groups excluding carboxylic acids is 1. The largest absolute Gasteiger partial charge is 0.353 e. The molecule has 1 aliphatic carbocycles. The van der Waals surface area contributed by atoms with Crippen LogP contribution >= 0.6 is 27.3 Å². The van der Waals surface area contributed by atoms with Crippen LogP contribution in [0.1, 0.15) is 23.8 Å². The number of H-pyrrole nitrogens is 1. The number of aromatic nitrogens is 3. The Bertz CT molecular complexity index is 965. The standard InChI is InChI=1S/C18H18BrN5OS/c19-12-7-15(26-9-12)14(8-25)24-6-5-23(10-18(24)2-3-18)17-13-1-4-20-16(13)21-11-22-17/h1,4,7-9,11,14H,2-3,5-6,10H2,(H,20,21,22). The van der Waals surface area contributed by atoms with E-state index in [9.17, 15) is 4.79 Å². The molecule has 1 atom stereocenters. The molecule has 1 spiro atoms. The van der Waals surface area contributed by atoms with Gasteiger partial charge < -0.3 is 14.7 Å². The number of anilines is 1. The number of carbonyl (C=O) groups is 1. The first kappa shape index (κ1) is 16.4. The van der Waals surface area contributed by atoms with Gasteiger partial charge in [-0.1, -0.05) is 0 Å². The Kier molecular flexibility index (Phi) is 3.88.